The first-order valence-electron chi connectivity index (χ1n) is 5.86. The molecule has 5 heteroatoms. The van der Waals surface area contributed by atoms with Crippen molar-refractivity contribution in [3.05, 3.63) is 0 Å². The van der Waals surface area contributed by atoms with Crippen molar-refractivity contribution in [2.24, 2.45) is 0 Å². The monoisotopic (exact) mass is 228 g/mol. The summed E-state index contributed by atoms with van der Waals surface area (Å²) in [5.74, 6) is -0.115. The van der Waals surface area contributed by atoms with Gasteiger partial charge in [0.15, 0.2) is 0 Å². The average molecular weight is 228 g/mol. The van der Waals surface area contributed by atoms with Crippen molar-refractivity contribution in [2.45, 2.75) is 45.1 Å². The molecule has 1 saturated carbocycles. The number of ether oxygens (including phenoxy) is 1. The molecule has 0 unspecified atom stereocenters. The summed E-state index contributed by atoms with van der Waals surface area (Å²) in [5.41, 5.74) is 0. The summed E-state index contributed by atoms with van der Waals surface area (Å²) in [4.78, 5) is 21.8. The third-order valence-corrected chi connectivity index (χ3v) is 2.64. The highest BCUT2D eigenvalue weighted by atomic mass is 16.5. The van der Waals surface area contributed by atoms with E-state index in [0.717, 1.165) is 12.8 Å². The molecular formula is C11H20N2O3. The van der Waals surface area contributed by atoms with Gasteiger partial charge in [-0.3, -0.25) is 4.79 Å². The molecule has 1 aliphatic rings. The van der Waals surface area contributed by atoms with E-state index < -0.39 is 0 Å². The quantitative estimate of drug-likeness (QED) is 0.710. The van der Waals surface area contributed by atoms with Gasteiger partial charge in [-0.15, -0.1) is 0 Å². The van der Waals surface area contributed by atoms with Crippen LogP contribution in [0.5, 0.6) is 0 Å². The number of carbonyl (C=O) groups is 2. The maximum Gasteiger partial charge on any atom is 0.407 e. The summed E-state index contributed by atoms with van der Waals surface area (Å²) in [6, 6.07) is 0.266. The van der Waals surface area contributed by atoms with E-state index in [9.17, 15) is 9.59 Å². The maximum atomic E-state index is 11.3. The van der Waals surface area contributed by atoms with Gasteiger partial charge >= 0.3 is 6.09 Å². The van der Waals surface area contributed by atoms with E-state index in [-0.39, 0.29) is 24.6 Å². The molecule has 1 rings (SSSR count). The SMILES string of the molecule is CC(=O)NCCOC(=O)NC1CCCCC1. The number of carbonyl (C=O) groups excluding carboxylic acids is 2. The number of hydrogen-bond acceptors (Lipinski definition) is 3. The molecule has 0 bridgehead atoms. The van der Waals surface area contributed by atoms with Crippen molar-refractivity contribution in [1.29, 1.82) is 0 Å². The lowest BCUT2D eigenvalue weighted by molar-refractivity contribution is -0.119. The number of amides is 2. The van der Waals surface area contributed by atoms with E-state index in [2.05, 4.69) is 10.6 Å². The Kier molecular flexibility index (Phi) is 5.67. The van der Waals surface area contributed by atoms with E-state index in [1.165, 1.54) is 26.2 Å². The van der Waals surface area contributed by atoms with Crippen molar-refractivity contribution < 1.29 is 14.3 Å². The summed E-state index contributed by atoms with van der Waals surface area (Å²) in [6.07, 6.45) is 5.32. The summed E-state index contributed by atoms with van der Waals surface area (Å²) < 4.78 is 4.93. The Morgan fingerprint density at radius 1 is 1.25 bits per heavy atom. The van der Waals surface area contributed by atoms with Gasteiger partial charge in [0.05, 0.1) is 6.54 Å². The molecule has 1 aliphatic carbocycles. The van der Waals surface area contributed by atoms with Gasteiger partial charge in [0.2, 0.25) is 5.91 Å². The van der Waals surface area contributed by atoms with Gasteiger partial charge < -0.3 is 15.4 Å². The molecule has 0 spiro atoms. The van der Waals surface area contributed by atoms with Crippen LogP contribution < -0.4 is 10.6 Å². The molecule has 2 N–H and O–H groups in total. The number of alkyl carbamates (subject to hydrolysis) is 1. The molecule has 0 aromatic carbocycles. The Morgan fingerprint density at radius 2 is 1.94 bits per heavy atom. The molecule has 0 atom stereocenters. The highest BCUT2D eigenvalue weighted by Gasteiger charge is 2.15. The molecule has 5 nitrogen and oxygen atoms in total. The normalized spacial score (nSPS) is 16.6. The molecule has 92 valence electrons. The van der Waals surface area contributed by atoms with Gasteiger partial charge in [-0.25, -0.2) is 4.79 Å². The minimum atomic E-state index is -0.378. The molecule has 0 aromatic rings. The van der Waals surface area contributed by atoms with Gasteiger partial charge in [0.25, 0.3) is 0 Å². The predicted molar refractivity (Wildman–Crippen MR) is 60.0 cm³/mol. The lowest BCUT2D eigenvalue weighted by Gasteiger charge is -2.22. The molecule has 2 amide bonds. The van der Waals surface area contributed by atoms with Crippen LogP contribution in [0.1, 0.15) is 39.0 Å². The second-order valence-corrected chi connectivity index (χ2v) is 4.10. The van der Waals surface area contributed by atoms with Crippen molar-refractivity contribution >= 4 is 12.0 Å². The Labute approximate surface area is 95.9 Å². The lowest BCUT2D eigenvalue weighted by Crippen LogP contribution is -2.37. The summed E-state index contributed by atoms with van der Waals surface area (Å²) in [6.45, 7) is 2.02. The molecule has 16 heavy (non-hydrogen) atoms. The molecular weight excluding hydrogens is 208 g/mol. The molecule has 0 saturated heterocycles. The van der Waals surface area contributed by atoms with E-state index >= 15 is 0 Å². The van der Waals surface area contributed by atoms with Crippen LogP contribution in [0.4, 0.5) is 4.79 Å². The van der Waals surface area contributed by atoms with Crippen LogP contribution in [-0.4, -0.2) is 31.2 Å². The van der Waals surface area contributed by atoms with Crippen molar-refractivity contribution in [3.8, 4) is 0 Å². The van der Waals surface area contributed by atoms with Crippen LogP contribution in [0, 0.1) is 0 Å². The smallest absolute Gasteiger partial charge is 0.407 e. The van der Waals surface area contributed by atoms with Crippen LogP contribution in [0.15, 0.2) is 0 Å². The second kappa shape index (κ2) is 7.09. The first-order valence-corrected chi connectivity index (χ1v) is 5.86. The highest BCUT2D eigenvalue weighted by Crippen LogP contribution is 2.17. The minimum absolute atomic E-state index is 0.115. The lowest BCUT2D eigenvalue weighted by atomic mass is 9.96. The van der Waals surface area contributed by atoms with Crippen molar-refractivity contribution in [2.75, 3.05) is 13.2 Å². The molecule has 1 fully saturated rings. The molecule has 0 radical (unpaired) electrons. The fourth-order valence-corrected chi connectivity index (χ4v) is 1.83. The van der Waals surface area contributed by atoms with Crippen molar-refractivity contribution in [1.82, 2.24) is 10.6 Å². The fourth-order valence-electron chi connectivity index (χ4n) is 1.83. The fraction of sp³-hybridized carbons (Fsp3) is 0.818. The molecule has 0 aromatic heterocycles. The highest BCUT2D eigenvalue weighted by molar-refractivity contribution is 5.72. The van der Waals surface area contributed by atoms with Crippen LogP contribution in [0.3, 0.4) is 0 Å². The molecule has 0 heterocycles. The van der Waals surface area contributed by atoms with Gasteiger partial charge in [-0.05, 0) is 12.8 Å². The maximum absolute atomic E-state index is 11.3. The zero-order valence-corrected chi connectivity index (χ0v) is 9.75. The van der Waals surface area contributed by atoms with Gasteiger partial charge in [0.1, 0.15) is 6.61 Å². The topological polar surface area (TPSA) is 67.4 Å². The van der Waals surface area contributed by atoms with Gasteiger partial charge in [0, 0.05) is 13.0 Å². The van der Waals surface area contributed by atoms with Crippen LogP contribution in [0.2, 0.25) is 0 Å². The van der Waals surface area contributed by atoms with Gasteiger partial charge in [-0.1, -0.05) is 19.3 Å². The van der Waals surface area contributed by atoms with E-state index in [4.69, 9.17) is 4.74 Å². The number of nitrogens with one attached hydrogen (secondary N) is 2. The minimum Gasteiger partial charge on any atom is -0.448 e. The Morgan fingerprint density at radius 3 is 2.56 bits per heavy atom. The van der Waals surface area contributed by atoms with E-state index in [1.807, 2.05) is 0 Å². The van der Waals surface area contributed by atoms with Crippen LogP contribution in [-0.2, 0) is 9.53 Å². The summed E-state index contributed by atoms with van der Waals surface area (Å²) in [7, 11) is 0. The van der Waals surface area contributed by atoms with E-state index in [1.54, 1.807) is 0 Å². The third kappa shape index (κ3) is 5.58. The average Bonchev–Trinajstić information content (AvgIpc) is 2.25. The summed E-state index contributed by atoms with van der Waals surface area (Å²) in [5, 5.41) is 5.39. The Bertz CT molecular complexity index is 237. The predicted octanol–water partition coefficient (Wildman–Crippen LogP) is 1.18. The zero-order valence-electron chi connectivity index (χ0n) is 9.75. The van der Waals surface area contributed by atoms with E-state index in [0.29, 0.717) is 6.54 Å². The number of rotatable bonds is 4. The van der Waals surface area contributed by atoms with Crippen LogP contribution >= 0.6 is 0 Å². The first-order chi connectivity index (χ1) is 7.68. The third-order valence-electron chi connectivity index (χ3n) is 2.64. The largest absolute Gasteiger partial charge is 0.448 e. The molecule has 0 aliphatic heterocycles. The summed E-state index contributed by atoms with van der Waals surface area (Å²) >= 11 is 0. The number of hydrogen-bond donors (Lipinski definition) is 2. The Balaban J connectivity index is 2.03. The second-order valence-electron chi connectivity index (χ2n) is 4.10. The van der Waals surface area contributed by atoms with Crippen molar-refractivity contribution in [3.63, 3.8) is 0 Å². The van der Waals surface area contributed by atoms with Gasteiger partial charge in [-0.2, -0.15) is 0 Å². The Hall–Kier alpha value is -1.26. The zero-order chi connectivity index (χ0) is 11.8. The first kappa shape index (κ1) is 12.8. The van der Waals surface area contributed by atoms with Crippen LogP contribution in [0.25, 0.3) is 0 Å². The standard InChI is InChI=1S/C11H20N2O3/c1-9(14)12-7-8-16-11(15)13-10-5-3-2-4-6-10/h10H,2-8H2,1H3,(H,12,14)(H,13,15).